The molecule has 1 fully saturated rings. The molecular formula is C10H16N2O5S. The first-order chi connectivity index (χ1) is 8.49. The highest BCUT2D eigenvalue weighted by Gasteiger charge is 2.21. The zero-order chi connectivity index (χ0) is 13.5. The Morgan fingerprint density at radius 2 is 1.78 bits per heavy atom. The molecule has 3 amide bonds. The van der Waals surface area contributed by atoms with Crippen molar-refractivity contribution in [2.45, 2.75) is 19.3 Å². The van der Waals surface area contributed by atoms with Crippen molar-refractivity contribution >= 4 is 28.7 Å². The van der Waals surface area contributed by atoms with Gasteiger partial charge in [0.1, 0.15) is 0 Å². The van der Waals surface area contributed by atoms with Crippen molar-refractivity contribution in [3.63, 3.8) is 0 Å². The van der Waals surface area contributed by atoms with Crippen LogP contribution in [0.3, 0.4) is 0 Å². The molecule has 102 valence electrons. The summed E-state index contributed by atoms with van der Waals surface area (Å²) in [4.78, 5) is 34.6. The molecule has 0 unspecified atom stereocenters. The Kier molecular flexibility index (Phi) is 5.76. The summed E-state index contributed by atoms with van der Waals surface area (Å²) in [5.41, 5.74) is 0. The van der Waals surface area contributed by atoms with Crippen LogP contribution in [0.4, 0.5) is 4.79 Å². The minimum absolute atomic E-state index is 0.0117. The average molecular weight is 276 g/mol. The molecule has 0 aromatic carbocycles. The van der Waals surface area contributed by atoms with Crippen LogP contribution in [-0.2, 0) is 20.4 Å². The number of carboxylic acid groups (broad SMARTS) is 1. The molecule has 1 heterocycles. The third-order valence-electron chi connectivity index (χ3n) is 2.51. The number of rotatable bonds is 4. The molecule has 0 aliphatic carbocycles. The fourth-order valence-corrected chi connectivity index (χ4v) is 2.55. The van der Waals surface area contributed by atoms with Crippen LogP contribution in [0.25, 0.3) is 0 Å². The summed E-state index contributed by atoms with van der Waals surface area (Å²) >= 11 is 0. The lowest BCUT2D eigenvalue weighted by atomic mass is 10.2. The molecule has 1 saturated heterocycles. The lowest BCUT2D eigenvalue weighted by Gasteiger charge is -2.26. The van der Waals surface area contributed by atoms with Gasteiger partial charge in [0.2, 0.25) is 5.91 Å². The molecule has 1 aliphatic heterocycles. The summed E-state index contributed by atoms with van der Waals surface area (Å²) in [6, 6.07) is -0.493. The number of carbonyl (C=O) groups excluding carboxylic acids is 2. The molecular weight excluding hydrogens is 260 g/mol. The number of nitrogens with one attached hydrogen (secondary N) is 1. The summed E-state index contributed by atoms with van der Waals surface area (Å²) in [5, 5.41) is 10.6. The number of hydrogen-bond donors (Lipinski definition) is 2. The van der Waals surface area contributed by atoms with E-state index in [1.54, 1.807) is 0 Å². The fourth-order valence-electron chi connectivity index (χ4n) is 1.50. The van der Waals surface area contributed by atoms with E-state index < -0.39 is 28.7 Å². The highest BCUT2D eigenvalue weighted by atomic mass is 32.2. The van der Waals surface area contributed by atoms with Gasteiger partial charge in [0.05, 0.1) is 0 Å². The van der Waals surface area contributed by atoms with Crippen molar-refractivity contribution in [1.29, 1.82) is 0 Å². The van der Waals surface area contributed by atoms with Crippen molar-refractivity contribution in [3.05, 3.63) is 0 Å². The molecule has 1 rings (SSSR count). The lowest BCUT2D eigenvalue weighted by Crippen LogP contribution is -2.48. The normalized spacial score (nSPS) is 16.3. The maximum atomic E-state index is 11.6. The highest BCUT2D eigenvalue weighted by Crippen LogP contribution is 2.01. The molecule has 2 N–H and O–H groups in total. The van der Waals surface area contributed by atoms with Crippen molar-refractivity contribution in [2.24, 2.45) is 0 Å². The number of carbonyl (C=O) groups is 3. The van der Waals surface area contributed by atoms with E-state index in [0.717, 1.165) is 0 Å². The molecule has 1 aliphatic rings. The summed E-state index contributed by atoms with van der Waals surface area (Å²) in [5.74, 6) is -0.582. The van der Waals surface area contributed by atoms with Gasteiger partial charge >= 0.3 is 12.0 Å². The SMILES string of the molecule is O=C(O)CCCC(=O)NC(=O)N1CCS(=O)CC1. The Morgan fingerprint density at radius 3 is 2.33 bits per heavy atom. The van der Waals surface area contributed by atoms with Crippen molar-refractivity contribution in [2.75, 3.05) is 24.6 Å². The van der Waals surface area contributed by atoms with Gasteiger partial charge in [-0.15, -0.1) is 0 Å². The Morgan fingerprint density at radius 1 is 1.17 bits per heavy atom. The van der Waals surface area contributed by atoms with Crippen LogP contribution in [0, 0.1) is 0 Å². The van der Waals surface area contributed by atoms with Crippen LogP contribution < -0.4 is 5.32 Å². The van der Waals surface area contributed by atoms with Crippen LogP contribution in [0.2, 0.25) is 0 Å². The maximum absolute atomic E-state index is 11.6. The first-order valence-corrected chi connectivity index (χ1v) is 7.13. The number of carboxylic acids is 1. The van der Waals surface area contributed by atoms with E-state index in [2.05, 4.69) is 5.32 Å². The molecule has 0 saturated carbocycles. The van der Waals surface area contributed by atoms with E-state index in [1.807, 2.05) is 0 Å². The topological polar surface area (TPSA) is 104 Å². The fraction of sp³-hybridized carbons (Fsp3) is 0.700. The summed E-state index contributed by atoms with van der Waals surface area (Å²) in [6.45, 7) is 0.752. The maximum Gasteiger partial charge on any atom is 0.324 e. The molecule has 0 spiro atoms. The second-order valence-electron chi connectivity index (χ2n) is 3.94. The van der Waals surface area contributed by atoms with Crippen molar-refractivity contribution < 1.29 is 23.7 Å². The molecule has 18 heavy (non-hydrogen) atoms. The van der Waals surface area contributed by atoms with E-state index in [0.29, 0.717) is 24.6 Å². The van der Waals surface area contributed by atoms with Gasteiger partial charge in [-0.2, -0.15) is 0 Å². The first-order valence-electron chi connectivity index (χ1n) is 5.64. The van der Waals surface area contributed by atoms with Crippen LogP contribution in [0.5, 0.6) is 0 Å². The Hall–Kier alpha value is -1.44. The first kappa shape index (κ1) is 14.6. The molecule has 8 heteroatoms. The minimum Gasteiger partial charge on any atom is -0.481 e. The number of nitrogens with zero attached hydrogens (tertiary/aromatic N) is 1. The molecule has 0 aromatic heterocycles. The number of urea groups is 1. The van der Waals surface area contributed by atoms with Gasteiger partial charge in [0.15, 0.2) is 0 Å². The van der Waals surface area contributed by atoms with Gasteiger partial charge in [0, 0.05) is 48.2 Å². The summed E-state index contributed by atoms with van der Waals surface area (Å²) in [7, 11) is -0.872. The molecule has 0 atom stereocenters. The number of imide groups is 1. The molecule has 0 bridgehead atoms. The van der Waals surface area contributed by atoms with Gasteiger partial charge in [-0.1, -0.05) is 0 Å². The summed E-state index contributed by atoms with van der Waals surface area (Å²) < 4.78 is 11.1. The number of aliphatic carboxylic acids is 1. The minimum atomic E-state index is -0.965. The third kappa shape index (κ3) is 5.26. The third-order valence-corrected chi connectivity index (χ3v) is 3.78. The predicted molar refractivity (Wildman–Crippen MR) is 64.5 cm³/mol. The van der Waals surface area contributed by atoms with E-state index in [4.69, 9.17) is 5.11 Å². The molecule has 0 radical (unpaired) electrons. The second-order valence-corrected chi connectivity index (χ2v) is 5.63. The van der Waals surface area contributed by atoms with E-state index in [-0.39, 0.29) is 19.3 Å². The van der Waals surface area contributed by atoms with Crippen LogP contribution >= 0.6 is 0 Å². The van der Waals surface area contributed by atoms with Gasteiger partial charge in [-0.3, -0.25) is 19.1 Å². The second kappa shape index (κ2) is 7.10. The van der Waals surface area contributed by atoms with Gasteiger partial charge in [-0.25, -0.2) is 4.79 Å². The average Bonchev–Trinajstić information content (AvgIpc) is 2.29. The molecule has 0 aromatic rings. The van der Waals surface area contributed by atoms with Crippen LogP contribution in [-0.4, -0.2) is 56.7 Å². The van der Waals surface area contributed by atoms with Crippen molar-refractivity contribution in [3.8, 4) is 0 Å². The van der Waals surface area contributed by atoms with Gasteiger partial charge in [0.25, 0.3) is 0 Å². The van der Waals surface area contributed by atoms with E-state index >= 15 is 0 Å². The zero-order valence-electron chi connectivity index (χ0n) is 9.89. The van der Waals surface area contributed by atoms with Crippen molar-refractivity contribution in [1.82, 2.24) is 10.2 Å². The predicted octanol–water partition coefficient (Wildman–Crippen LogP) is -0.458. The largest absolute Gasteiger partial charge is 0.481 e. The van der Waals surface area contributed by atoms with Gasteiger partial charge < -0.3 is 10.0 Å². The Bertz CT molecular complexity index is 361. The quantitative estimate of drug-likeness (QED) is 0.723. The van der Waals surface area contributed by atoms with E-state index in [9.17, 15) is 18.6 Å². The Labute approximate surface area is 107 Å². The lowest BCUT2D eigenvalue weighted by molar-refractivity contribution is -0.137. The standard InChI is InChI=1S/C10H16N2O5S/c13-8(2-1-3-9(14)15)11-10(16)12-4-6-18(17)7-5-12/h1-7H2,(H,14,15)(H,11,13,16). The van der Waals surface area contributed by atoms with Gasteiger partial charge in [-0.05, 0) is 6.42 Å². The molecule has 7 nitrogen and oxygen atoms in total. The smallest absolute Gasteiger partial charge is 0.324 e. The summed E-state index contributed by atoms with van der Waals surface area (Å²) in [6.07, 6.45) is 0.126. The number of amides is 3. The number of hydrogen-bond acceptors (Lipinski definition) is 4. The van der Waals surface area contributed by atoms with E-state index in [1.165, 1.54) is 4.90 Å². The Balaban J connectivity index is 2.24. The highest BCUT2D eigenvalue weighted by molar-refractivity contribution is 7.85. The monoisotopic (exact) mass is 276 g/mol. The van der Waals surface area contributed by atoms with Crippen LogP contribution in [0.1, 0.15) is 19.3 Å². The zero-order valence-corrected chi connectivity index (χ0v) is 10.7. The van der Waals surface area contributed by atoms with Crippen LogP contribution in [0.15, 0.2) is 0 Å².